The van der Waals surface area contributed by atoms with Gasteiger partial charge in [0.1, 0.15) is 0 Å². The van der Waals surface area contributed by atoms with Crippen molar-refractivity contribution in [1.82, 2.24) is 4.90 Å². The van der Waals surface area contributed by atoms with Gasteiger partial charge in [-0.05, 0) is 39.0 Å². The second-order valence-corrected chi connectivity index (χ2v) is 5.81. The maximum Gasteiger partial charge on any atom is 0.224 e. The van der Waals surface area contributed by atoms with E-state index < -0.39 is 5.41 Å². The Morgan fingerprint density at radius 1 is 1.44 bits per heavy atom. The molecule has 1 fully saturated rings. The first-order valence-electron chi connectivity index (χ1n) is 6.66. The van der Waals surface area contributed by atoms with Crippen molar-refractivity contribution in [2.75, 3.05) is 26.8 Å². The first-order chi connectivity index (χ1) is 8.48. The highest BCUT2D eigenvalue weighted by atomic mass is 16.5. The molecule has 102 valence electrons. The fourth-order valence-corrected chi connectivity index (χ4v) is 2.35. The van der Waals surface area contributed by atoms with Gasteiger partial charge in [-0.2, -0.15) is 5.26 Å². The van der Waals surface area contributed by atoms with E-state index in [-0.39, 0.29) is 5.91 Å². The quantitative estimate of drug-likeness (QED) is 0.770. The van der Waals surface area contributed by atoms with E-state index in [1.807, 2.05) is 18.7 Å². The van der Waals surface area contributed by atoms with E-state index >= 15 is 0 Å². The van der Waals surface area contributed by atoms with Crippen LogP contribution in [0.5, 0.6) is 0 Å². The third kappa shape index (κ3) is 4.66. The van der Waals surface area contributed by atoms with E-state index in [9.17, 15) is 4.79 Å². The number of ether oxygens (including phenoxy) is 1. The number of methoxy groups -OCH3 is 1. The summed E-state index contributed by atoms with van der Waals surface area (Å²) >= 11 is 0. The van der Waals surface area contributed by atoms with Gasteiger partial charge in [-0.25, -0.2) is 0 Å². The molecule has 4 nitrogen and oxygen atoms in total. The third-order valence-corrected chi connectivity index (χ3v) is 3.50. The summed E-state index contributed by atoms with van der Waals surface area (Å²) in [7, 11) is 1.73. The molecule has 0 aromatic carbocycles. The smallest absolute Gasteiger partial charge is 0.224 e. The van der Waals surface area contributed by atoms with Crippen molar-refractivity contribution >= 4 is 5.91 Å². The lowest BCUT2D eigenvalue weighted by Gasteiger charge is -2.24. The lowest BCUT2D eigenvalue weighted by atomic mass is 9.91. The number of nitriles is 1. The molecule has 1 aliphatic rings. The zero-order valence-corrected chi connectivity index (χ0v) is 11.7. The second-order valence-electron chi connectivity index (χ2n) is 5.81. The summed E-state index contributed by atoms with van der Waals surface area (Å²) in [6.45, 7) is 6.04. The van der Waals surface area contributed by atoms with Gasteiger partial charge in [0.05, 0.1) is 11.5 Å². The summed E-state index contributed by atoms with van der Waals surface area (Å²) in [5.74, 6) is 0.677. The van der Waals surface area contributed by atoms with Crippen LogP contribution in [0.2, 0.25) is 0 Å². The molecule has 0 bridgehead atoms. The normalized spacial score (nSPS) is 21.2. The first-order valence-corrected chi connectivity index (χ1v) is 6.66. The van der Waals surface area contributed by atoms with E-state index in [4.69, 9.17) is 10.00 Å². The van der Waals surface area contributed by atoms with Crippen molar-refractivity contribution in [3.63, 3.8) is 0 Å². The van der Waals surface area contributed by atoms with Crippen molar-refractivity contribution in [2.45, 2.75) is 39.5 Å². The van der Waals surface area contributed by atoms with Gasteiger partial charge in [0, 0.05) is 33.2 Å². The molecule has 1 rings (SSSR count). The Morgan fingerprint density at radius 2 is 2.17 bits per heavy atom. The Hall–Kier alpha value is -1.08. The van der Waals surface area contributed by atoms with Crippen LogP contribution in [0, 0.1) is 22.7 Å². The first kappa shape index (κ1) is 15.0. The van der Waals surface area contributed by atoms with E-state index in [1.165, 1.54) is 0 Å². The molecule has 1 atom stereocenters. The molecule has 1 unspecified atom stereocenters. The van der Waals surface area contributed by atoms with E-state index in [0.717, 1.165) is 39.0 Å². The van der Waals surface area contributed by atoms with Crippen molar-refractivity contribution in [1.29, 1.82) is 5.26 Å². The average Bonchev–Trinajstić information content (AvgIpc) is 2.55. The Morgan fingerprint density at radius 3 is 2.78 bits per heavy atom. The third-order valence-electron chi connectivity index (χ3n) is 3.50. The minimum Gasteiger partial charge on any atom is -0.384 e. The molecule has 1 aliphatic heterocycles. The number of carbonyl (C=O) groups is 1. The number of likely N-dealkylation sites (tertiary alicyclic amines) is 1. The van der Waals surface area contributed by atoms with Crippen molar-refractivity contribution in [3.05, 3.63) is 0 Å². The molecule has 0 saturated carbocycles. The molecule has 4 heteroatoms. The lowest BCUT2D eigenvalue weighted by molar-refractivity contribution is -0.132. The van der Waals surface area contributed by atoms with Crippen LogP contribution in [0.4, 0.5) is 0 Å². The summed E-state index contributed by atoms with van der Waals surface area (Å²) in [5.41, 5.74) is -0.560. The average molecular weight is 252 g/mol. The van der Waals surface area contributed by atoms with E-state index in [2.05, 4.69) is 6.07 Å². The summed E-state index contributed by atoms with van der Waals surface area (Å²) in [6, 6.07) is 2.19. The van der Waals surface area contributed by atoms with Gasteiger partial charge >= 0.3 is 0 Å². The molecule has 0 aliphatic carbocycles. The number of nitrogens with zero attached hydrogens (tertiary/aromatic N) is 2. The minimum absolute atomic E-state index is 0.111. The Labute approximate surface area is 110 Å². The number of carbonyl (C=O) groups excluding carboxylic acids is 1. The van der Waals surface area contributed by atoms with Gasteiger partial charge in [-0.1, -0.05) is 0 Å². The highest BCUT2D eigenvalue weighted by Gasteiger charge is 2.26. The van der Waals surface area contributed by atoms with Crippen LogP contribution in [0.25, 0.3) is 0 Å². The van der Waals surface area contributed by atoms with Crippen LogP contribution in [0.3, 0.4) is 0 Å². The largest absolute Gasteiger partial charge is 0.384 e. The highest BCUT2D eigenvalue weighted by molar-refractivity contribution is 5.77. The number of rotatable bonds is 4. The van der Waals surface area contributed by atoms with Gasteiger partial charge in [-0.15, -0.1) is 0 Å². The van der Waals surface area contributed by atoms with Crippen LogP contribution in [-0.4, -0.2) is 37.6 Å². The van der Waals surface area contributed by atoms with Crippen LogP contribution in [0.15, 0.2) is 0 Å². The molecule has 18 heavy (non-hydrogen) atoms. The number of hydrogen-bond acceptors (Lipinski definition) is 3. The maximum absolute atomic E-state index is 12.1. The molecular formula is C14H24N2O2. The fraction of sp³-hybridized carbons (Fsp3) is 0.857. The number of hydrogen-bond donors (Lipinski definition) is 0. The Kier molecular flexibility index (Phi) is 5.61. The minimum atomic E-state index is -0.560. The standard InChI is InChI=1S/C14H24N2O2/c1-14(2,11-15)9-13(17)16-7-4-5-12(6-8-16)10-18-3/h12H,4-10H2,1-3H3. The van der Waals surface area contributed by atoms with Crippen LogP contribution in [0.1, 0.15) is 39.5 Å². The molecule has 0 radical (unpaired) electrons. The number of amides is 1. The zero-order valence-electron chi connectivity index (χ0n) is 11.7. The van der Waals surface area contributed by atoms with Crippen LogP contribution in [-0.2, 0) is 9.53 Å². The molecule has 0 aromatic heterocycles. The van der Waals surface area contributed by atoms with Gasteiger partial charge in [0.25, 0.3) is 0 Å². The van der Waals surface area contributed by atoms with E-state index in [0.29, 0.717) is 12.3 Å². The Balaban J connectivity index is 2.48. The fourth-order valence-electron chi connectivity index (χ4n) is 2.35. The molecule has 1 heterocycles. The highest BCUT2D eigenvalue weighted by Crippen LogP contribution is 2.23. The van der Waals surface area contributed by atoms with Crippen LogP contribution >= 0.6 is 0 Å². The van der Waals surface area contributed by atoms with Crippen molar-refractivity contribution in [3.8, 4) is 6.07 Å². The monoisotopic (exact) mass is 252 g/mol. The summed E-state index contributed by atoms with van der Waals surface area (Å²) in [6.07, 6.45) is 3.48. The zero-order chi connectivity index (χ0) is 13.6. The lowest BCUT2D eigenvalue weighted by Crippen LogP contribution is -2.34. The Bertz CT molecular complexity index is 320. The van der Waals surface area contributed by atoms with Gasteiger partial charge < -0.3 is 9.64 Å². The van der Waals surface area contributed by atoms with Gasteiger partial charge in [-0.3, -0.25) is 4.79 Å². The van der Waals surface area contributed by atoms with Crippen molar-refractivity contribution < 1.29 is 9.53 Å². The molecule has 1 amide bonds. The summed E-state index contributed by atoms with van der Waals surface area (Å²) in [4.78, 5) is 14.0. The maximum atomic E-state index is 12.1. The predicted octanol–water partition coefficient (Wildman–Crippen LogP) is 2.20. The second kappa shape index (κ2) is 6.75. The van der Waals surface area contributed by atoms with E-state index in [1.54, 1.807) is 7.11 Å². The molecule has 0 aromatic rings. The SMILES string of the molecule is COCC1CCCN(C(=O)CC(C)(C)C#N)CC1. The molecule has 1 saturated heterocycles. The molecule has 0 spiro atoms. The van der Waals surface area contributed by atoms with Crippen molar-refractivity contribution in [2.24, 2.45) is 11.3 Å². The van der Waals surface area contributed by atoms with Gasteiger partial charge in [0.2, 0.25) is 5.91 Å². The summed E-state index contributed by atoms with van der Waals surface area (Å²) < 4.78 is 5.18. The predicted molar refractivity (Wildman–Crippen MR) is 69.8 cm³/mol. The molecule has 0 N–H and O–H groups in total. The van der Waals surface area contributed by atoms with Crippen LogP contribution < -0.4 is 0 Å². The molecular weight excluding hydrogens is 228 g/mol. The topological polar surface area (TPSA) is 53.3 Å². The van der Waals surface area contributed by atoms with Gasteiger partial charge in [0.15, 0.2) is 0 Å². The summed E-state index contributed by atoms with van der Waals surface area (Å²) in [5, 5.41) is 8.97.